The molecule has 2 aromatic rings. The summed E-state index contributed by atoms with van der Waals surface area (Å²) in [5, 5.41) is 4.66. The van der Waals surface area contributed by atoms with E-state index in [4.69, 9.17) is 4.74 Å². The summed E-state index contributed by atoms with van der Waals surface area (Å²) in [6.45, 7) is 3.44. The SMILES string of the molecule is COc1ccccc1C[C@@H](C)NC(=O)c1csc(C(C)=O)c1. The maximum atomic E-state index is 12.2. The van der Waals surface area contributed by atoms with Gasteiger partial charge in [-0.15, -0.1) is 11.3 Å². The van der Waals surface area contributed by atoms with Crippen LogP contribution in [-0.4, -0.2) is 24.8 Å². The number of carbonyl (C=O) groups is 2. The first-order valence-electron chi connectivity index (χ1n) is 7.03. The van der Waals surface area contributed by atoms with Gasteiger partial charge in [-0.25, -0.2) is 0 Å². The molecule has 0 aliphatic carbocycles. The number of Topliss-reactive ketones (excluding diaryl/α,β-unsaturated/α-hetero) is 1. The number of ketones is 1. The van der Waals surface area contributed by atoms with Gasteiger partial charge in [-0.3, -0.25) is 9.59 Å². The molecular formula is C17H19NO3S. The van der Waals surface area contributed by atoms with E-state index in [0.29, 0.717) is 16.9 Å². The fourth-order valence-corrected chi connectivity index (χ4v) is 2.99. The number of amides is 1. The van der Waals surface area contributed by atoms with E-state index in [9.17, 15) is 9.59 Å². The summed E-state index contributed by atoms with van der Waals surface area (Å²) in [6.07, 6.45) is 0.680. The highest BCUT2D eigenvalue weighted by molar-refractivity contribution is 7.12. The van der Waals surface area contributed by atoms with Gasteiger partial charge in [0.05, 0.1) is 17.6 Å². The van der Waals surface area contributed by atoms with E-state index in [0.717, 1.165) is 11.3 Å². The first kappa shape index (κ1) is 16.2. The van der Waals surface area contributed by atoms with Gasteiger partial charge in [-0.2, -0.15) is 0 Å². The van der Waals surface area contributed by atoms with Crippen LogP contribution >= 0.6 is 11.3 Å². The maximum absolute atomic E-state index is 12.2. The molecule has 0 radical (unpaired) electrons. The molecule has 4 nitrogen and oxygen atoms in total. The summed E-state index contributed by atoms with van der Waals surface area (Å²) in [4.78, 5) is 24.1. The van der Waals surface area contributed by atoms with E-state index in [-0.39, 0.29) is 17.7 Å². The van der Waals surface area contributed by atoms with Gasteiger partial charge in [0.1, 0.15) is 5.75 Å². The Kier molecular flexibility index (Phi) is 5.33. The van der Waals surface area contributed by atoms with Gasteiger partial charge in [0, 0.05) is 11.4 Å². The van der Waals surface area contributed by atoms with Gasteiger partial charge in [0.2, 0.25) is 0 Å². The Morgan fingerprint density at radius 3 is 2.68 bits per heavy atom. The van der Waals surface area contributed by atoms with Crippen LogP contribution in [0.1, 0.15) is 39.4 Å². The highest BCUT2D eigenvalue weighted by Crippen LogP contribution is 2.19. The second kappa shape index (κ2) is 7.22. The molecule has 1 aromatic carbocycles. The van der Waals surface area contributed by atoms with E-state index in [1.165, 1.54) is 18.3 Å². The monoisotopic (exact) mass is 317 g/mol. The van der Waals surface area contributed by atoms with Crippen molar-refractivity contribution < 1.29 is 14.3 Å². The molecule has 0 saturated heterocycles. The van der Waals surface area contributed by atoms with Crippen LogP contribution in [-0.2, 0) is 6.42 Å². The summed E-state index contributed by atoms with van der Waals surface area (Å²) in [5.41, 5.74) is 1.58. The zero-order valence-electron chi connectivity index (χ0n) is 12.9. The van der Waals surface area contributed by atoms with Crippen LogP contribution in [0.4, 0.5) is 0 Å². The van der Waals surface area contributed by atoms with Crippen molar-refractivity contribution in [2.75, 3.05) is 7.11 Å². The minimum atomic E-state index is -0.161. The second-order valence-electron chi connectivity index (χ2n) is 5.15. The van der Waals surface area contributed by atoms with Crippen molar-refractivity contribution in [3.05, 3.63) is 51.7 Å². The normalized spacial score (nSPS) is 11.8. The molecule has 1 aromatic heterocycles. The third-order valence-corrected chi connectivity index (χ3v) is 4.34. The van der Waals surface area contributed by atoms with E-state index in [1.54, 1.807) is 18.6 Å². The molecule has 5 heteroatoms. The minimum Gasteiger partial charge on any atom is -0.496 e. The zero-order valence-corrected chi connectivity index (χ0v) is 13.7. The molecule has 116 valence electrons. The number of benzene rings is 1. The Labute approximate surface area is 134 Å². The summed E-state index contributed by atoms with van der Waals surface area (Å²) < 4.78 is 5.32. The van der Waals surface area contributed by atoms with Gasteiger partial charge >= 0.3 is 0 Å². The minimum absolute atomic E-state index is 0.0221. The van der Waals surface area contributed by atoms with Crippen molar-refractivity contribution >= 4 is 23.0 Å². The van der Waals surface area contributed by atoms with Crippen molar-refractivity contribution in [3.63, 3.8) is 0 Å². The van der Waals surface area contributed by atoms with Crippen molar-refractivity contribution in [3.8, 4) is 5.75 Å². The van der Waals surface area contributed by atoms with Crippen LogP contribution in [0.2, 0.25) is 0 Å². The predicted molar refractivity (Wildman–Crippen MR) is 87.9 cm³/mol. The molecule has 1 amide bonds. The lowest BCUT2D eigenvalue weighted by molar-refractivity contribution is 0.0940. The van der Waals surface area contributed by atoms with E-state index < -0.39 is 0 Å². The highest BCUT2D eigenvalue weighted by Gasteiger charge is 2.14. The Morgan fingerprint density at radius 1 is 1.32 bits per heavy atom. The standard InChI is InChI=1S/C17H19NO3S/c1-11(8-13-6-4-5-7-15(13)21-3)18-17(20)14-9-16(12(2)19)22-10-14/h4-7,9-11H,8H2,1-3H3,(H,18,20)/t11-/m1/s1. The van der Waals surface area contributed by atoms with Crippen molar-refractivity contribution in [2.45, 2.75) is 26.3 Å². The average molecular weight is 317 g/mol. The number of hydrogen-bond acceptors (Lipinski definition) is 4. The maximum Gasteiger partial charge on any atom is 0.252 e. The molecule has 0 unspecified atom stereocenters. The quantitative estimate of drug-likeness (QED) is 0.832. The predicted octanol–water partition coefficient (Wildman–Crippen LogP) is 3.32. The van der Waals surface area contributed by atoms with Gasteiger partial charge in [-0.1, -0.05) is 18.2 Å². The fourth-order valence-electron chi connectivity index (χ4n) is 2.20. The topological polar surface area (TPSA) is 55.4 Å². The molecule has 0 aliphatic heterocycles. The van der Waals surface area contributed by atoms with Crippen LogP contribution in [0.3, 0.4) is 0 Å². The lowest BCUT2D eigenvalue weighted by Gasteiger charge is -2.15. The summed E-state index contributed by atoms with van der Waals surface area (Å²) in [6, 6.07) is 9.36. The Balaban J connectivity index is 2.00. The molecule has 0 fully saturated rings. The number of rotatable bonds is 6. The number of ether oxygens (including phenoxy) is 1. The first-order chi connectivity index (χ1) is 10.5. The Hall–Kier alpha value is -2.14. The van der Waals surface area contributed by atoms with Crippen LogP contribution in [0, 0.1) is 0 Å². The van der Waals surface area contributed by atoms with E-state index >= 15 is 0 Å². The summed E-state index contributed by atoms with van der Waals surface area (Å²) in [7, 11) is 1.64. The molecule has 0 bridgehead atoms. The van der Waals surface area contributed by atoms with Crippen molar-refractivity contribution in [1.82, 2.24) is 5.32 Å². The lowest BCUT2D eigenvalue weighted by Crippen LogP contribution is -2.33. The third-order valence-electron chi connectivity index (χ3n) is 3.30. The number of carbonyl (C=O) groups excluding carboxylic acids is 2. The molecule has 0 spiro atoms. The molecule has 22 heavy (non-hydrogen) atoms. The van der Waals surface area contributed by atoms with Gasteiger partial charge in [0.25, 0.3) is 5.91 Å². The molecule has 0 saturated carbocycles. The second-order valence-corrected chi connectivity index (χ2v) is 6.06. The third kappa shape index (κ3) is 3.95. The first-order valence-corrected chi connectivity index (χ1v) is 7.91. The van der Waals surface area contributed by atoms with E-state index in [1.807, 2.05) is 31.2 Å². The molecule has 1 N–H and O–H groups in total. The van der Waals surface area contributed by atoms with Gasteiger partial charge in [-0.05, 0) is 38.0 Å². The average Bonchev–Trinajstić information content (AvgIpc) is 2.98. The van der Waals surface area contributed by atoms with Crippen LogP contribution < -0.4 is 10.1 Å². The Bertz CT molecular complexity index is 678. The molecule has 1 heterocycles. The number of hydrogen-bond donors (Lipinski definition) is 1. The van der Waals surface area contributed by atoms with Gasteiger partial charge < -0.3 is 10.1 Å². The lowest BCUT2D eigenvalue weighted by atomic mass is 10.1. The Morgan fingerprint density at radius 2 is 2.05 bits per heavy atom. The number of thiophene rings is 1. The van der Waals surface area contributed by atoms with Crippen molar-refractivity contribution in [2.24, 2.45) is 0 Å². The van der Waals surface area contributed by atoms with Crippen LogP contribution in [0.25, 0.3) is 0 Å². The van der Waals surface area contributed by atoms with Gasteiger partial charge in [0.15, 0.2) is 5.78 Å². The molecular weight excluding hydrogens is 298 g/mol. The van der Waals surface area contributed by atoms with Crippen molar-refractivity contribution in [1.29, 1.82) is 0 Å². The molecule has 0 aliphatic rings. The number of methoxy groups -OCH3 is 1. The zero-order chi connectivity index (χ0) is 16.1. The van der Waals surface area contributed by atoms with Crippen LogP contribution in [0.5, 0.6) is 5.75 Å². The molecule has 2 rings (SSSR count). The summed E-state index contributed by atoms with van der Waals surface area (Å²) in [5.74, 6) is 0.635. The summed E-state index contributed by atoms with van der Waals surface area (Å²) >= 11 is 1.29. The fraction of sp³-hybridized carbons (Fsp3) is 0.294. The van der Waals surface area contributed by atoms with E-state index in [2.05, 4.69) is 5.32 Å². The highest BCUT2D eigenvalue weighted by atomic mass is 32.1. The largest absolute Gasteiger partial charge is 0.496 e. The smallest absolute Gasteiger partial charge is 0.252 e. The molecule has 1 atom stereocenters. The number of nitrogens with one attached hydrogen (secondary N) is 1. The van der Waals surface area contributed by atoms with Crippen LogP contribution in [0.15, 0.2) is 35.7 Å². The number of para-hydroxylation sites is 1.